The molecular formula is C9H14F2O3. The molecule has 14 heavy (non-hydrogen) atoms. The van der Waals surface area contributed by atoms with Crippen molar-refractivity contribution < 1.29 is 23.4 Å². The Kier molecular flexibility index (Phi) is 3.42. The second-order valence-corrected chi connectivity index (χ2v) is 3.66. The van der Waals surface area contributed by atoms with Crippen LogP contribution in [-0.2, 0) is 9.53 Å². The zero-order valence-electron chi connectivity index (χ0n) is 8.00. The summed E-state index contributed by atoms with van der Waals surface area (Å²) in [5, 5.41) is 9.39. The summed E-state index contributed by atoms with van der Waals surface area (Å²) in [4.78, 5) is 10.9. The number of hydrogen-bond donors (Lipinski definition) is 1. The first kappa shape index (κ1) is 11.4. The lowest BCUT2D eigenvalue weighted by molar-refractivity contribution is -0.156. The largest absolute Gasteiger partial charge is 0.467 e. The number of rotatable bonds is 2. The molecule has 5 heteroatoms. The average Bonchev–Trinajstić information content (AvgIpc) is 2.15. The minimum absolute atomic E-state index is 0.170. The lowest BCUT2D eigenvalue weighted by atomic mass is 9.83. The van der Waals surface area contributed by atoms with Gasteiger partial charge in [-0.15, -0.1) is 0 Å². The number of esters is 1. The summed E-state index contributed by atoms with van der Waals surface area (Å²) in [6.45, 7) is 0. The summed E-state index contributed by atoms with van der Waals surface area (Å²) in [6.07, 6.45) is -1.43. The van der Waals surface area contributed by atoms with Gasteiger partial charge in [0.1, 0.15) is 0 Å². The van der Waals surface area contributed by atoms with Gasteiger partial charge in [-0.05, 0) is 18.8 Å². The van der Waals surface area contributed by atoms with Crippen molar-refractivity contribution >= 4 is 5.97 Å². The van der Waals surface area contributed by atoms with Gasteiger partial charge in [0.15, 0.2) is 6.10 Å². The Morgan fingerprint density at radius 2 is 2.00 bits per heavy atom. The minimum atomic E-state index is -2.63. The Balaban J connectivity index is 2.45. The van der Waals surface area contributed by atoms with Crippen molar-refractivity contribution in [3.63, 3.8) is 0 Å². The topological polar surface area (TPSA) is 46.5 Å². The van der Waals surface area contributed by atoms with Crippen LogP contribution < -0.4 is 0 Å². The number of hydrogen-bond acceptors (Lipinski definition) is 3. The first-order valence-electron chi connectivity index (χ1n) is 4.60. The van der Waals surface area contributed by atoms with E-state index < -0.39 is 18.0 Å². The van der Waals surface area contributed by atoms with Crippen molar-refractivity contribution in [3.05, 3.63) is 0 Å². The predicted molar refractivity (Wildman–Crippen MR) is 44.9 cm³/mol. The molecule has 82 valence electrons. The van der Waals surface area contributed by atoms with Gasteiger partial charge in [-0.3, -0.25) is 0 Å². The summed E-state index contributed by atoms with van der Waals surface area (Å²) in [5.74, 6) is -3.76. The smallest absolute Gasteiger partial charge is 0.334 e. The molecule has 1 aliphatic carbocycles. The van der Waals surface area contributed by atoms with E-state index in [1.807, 2.05) is 0 Å². The molecule has 1 atom stereocenters. The molecule has 0 radical (unpaired) electrons. The number of carbonyl (C=O) groups excluding carboxylic acids is 1. The standard InChI is InChI=1S/C9H14F2O3/c1-14-8(13)7(12)6-2-4-9(10,11)5-3-6/h6-7,12H,2-5H2,1H3/t7-/m0/s1. The third kappa shape index (κ3) is 2.64. The number of aliphatic hydroxyl groups is 1. The van der Waals surface area contributed by atoms with Gasteiger partial charge < -0.3 is 9.84 Å². The van der Waals surface area contributed by atoms with Gasteiger partial charge in [0.25, 0.3) is 0 Å². The van der Waals surface area contributed by atoms with Crippen molar-refractivity contribution in [2.24, 2.45) is 5.92 Å². The van der Waals surface area contributed by atoms with Crippen molar-refractivity contribution in [1.82, 2.24) is 0 Å². The zero-order chi connectivity index (χ0) is 10.8. The quantitative estimate of drug-likeness (QED) is 0.697. The van der Waals surface area contributed by atoms with E-state index in [4.69, 9.17) is 0 Å². The molecule has 0 saturated heterocycles. The summed E-state index contributed by atoms with van der Waals surface area (Å²) in [7, 11) is 1.17. The van der Waals surface area contributed by atoms with E-state index in [9.17, 15) is 18.7 Å². The monoisotopic (exact) mass is 208 g/mol. The van der Waals surface area contributed by atoms with E-state index in [2.05, 4.69) is 4.74 Å². The fraction of sp³-hybridized carbons (Fsp3) is 0.889. The van der Waals surface area contributed by atoms with E-state index in [1.165, 1.54) is 7.11 Å². The van der Waals surface area contributed by atoms with E-state index in [0.717, 1.165) is 0 Å². The molecule has 1 saturated carbocycles. The van der Waals surface area contributed by atoms with Gasteiger partial charge in [0, 0.05) is 12.8 Å². The number of alkyl halides is 2. The minimum Gasteiger partial charge on any atom is -0.467 e. The van der Waals surface area contributed by atoms with Crippen LogP contribution in [0.4, 0.5) is 8.78 Å². The zero-order valence-corrected chi connectivity index (χ0v) is 8.00. The summed E-state index contributed by atoms with van der Waals surface area (Å²) < 4.78 is 29.8. The number of carbonyl (C=O) groups is 1. The van der Waals surface area contributed by atoms with E-state index in [1.54, 1.807) is 0 Å². The molecule has 0 amide bonds. The lowest BCUT2D eigenvalue weighted by Gasteiger charge is -2.29. The van der Waals surface area contributed by atoms with Crippen molar-refractivity contribution in [2.45, 2.75) is 37.7 Å². The first-order chi connectivity index (χ1) is 6.46. The van der Waals surface area contributed by atoms with E-state index in [0.29, 0.717) is 0 Å². The van der Waals surface area contributed by atoms with Crippen molar-refractivity contribution in [1.29, 1.82) is 0 Å². The number of methoxy groups -OCH3 is 1. The van der Waals surface area contributed by atoms with Crippen molar-refractivity contribution in [2.75, 3.05) is 7.11 Å². The Morgan fingerprint density at radius 3 is 2.43 bits per heavy atom. The van der Waals surface area contributed by atoms with Gasteiger partial charge in [0.05, 0.1) is 7.11 Å². The number of halogens is 2. The van der Waals surface area contributed by atoms with E-state index >= 15 is 0 Å². The fourth-order valence-corrected chi connectivity index (χ4v) is 1.69. The number of aliphatic hydroxyl groups excluding tert-OH is 1. The van der Waals surface area contributed by atoms with Gasteiger partial charge in [-0.2, -0.15) is 0 Å². The molecule has 0 aliphatic heterocycles. The maximum absolute atomic E-state index is 12.7. The highest BCUT2D eigenvalue weighted by Crippen LogP contribution is 2.37. The van der Waals surface area contributed by atoms with Crippen LogP contribution in [0, 0.1) is 5.92 Å². The molecule has 1 rings (SSSR count). The molecule has 1 fully saturated rings. The molecule has 0 aromatic carbocycles. The van der Waals surface area contributed by atoms with E-state index in [-0.39, 0.29) is 31.6 Å². The summed E-state index contributed by atoms with van der Waals surface area (Å²) in [5.41, 5.74) is 0. The molecule has 0 heterocycles. The summed E-state index contributed by atoms with van der Waals surface area (Å²) in [6, 6.07) is 0. The first-order valence-corrected chi connectivity index (χ1v) is 4.60. The van der Waals surface area contributed by atoms with Gasteiger partial charge in [-0.1, -0.05) is 0 Å². The SMILES string of the molecule is COC(=O)[C@@H](O)C1CCC(F)(F)CC1. The van der Waals surface area contributed by atoms with Gasteiger partial charge >= 0.3 is 5.97 Å². The van der Waals surface area contributed by atoms with Crippen LogP contribution in [0.1, 0.15) is 25.7 Å². The molecular weight excluding hydrogens is 194 g/mol. The van der Waals surface area contributed by atoms with Crippen LogP contribution in [0.15, 0.2) is 0 Å². The lowest BCUT2D eigenvalue weighted by Crippen LogP contribution is -2.36. The third-order valence-corrected chi connectivity index (χ3v) is 2.65. The predicted octanol–water partition coefficient (Wildman–Crippen LogP) is 1.35. The van der Waals surface area contributed by atoms with Crippen LogP contribution in [0.2, 0.25) is 0 Å². The van der Waals surface area contributed by atoms with Crippen LogP contribution in [-0.4, -0.2) is 30.2 Å². The highest BCUT2D eigenvalue weighted by Gasteiger charge is 2.39. The molecule has 0 aromatic rings. The van der Waals surface area contributed by atoms with Crippen LogP contribution in [0.3, 0.4) is 0 Å². The second-order valence-electron chi connectivity index (χ2n) is 3.66. The Labute approximate surface area is 81.1 Å². The summed E-state index contributed by atoms with van der Waals surface area (Å²) >= 11 is 0. The normalized spacial score (nSPS) is 24.3. The molecule has 0 unspecified atom stereocenters. The molecule has 0 bridgehead atoms. The fourth-order valence-electron chi connectivity index (χ4n) is 1.69. The Hall–Kier alpha value is -0.710. The second kappa shape index (κ2) is 4.21. The van der Waals surface area contributed by atoms with Gasteiger partial charge in [-0.25, -0.2) is 13.6 Å². The van der Waals surface area contributed by atoms with Crippen LogP contribution >= 0.6 is 0 Å². The maximum Gasteiger partial charge on any atom is 0.334 e. The van der Waals surface area contributed by atoms with Crippen molar-refractivity contribution in [3.8, 4) is 0 Å². The van der Waals surface area contributed by atoms with Crippen LogP contribution in [0.5, 0.6) is 0 Å². The highest BCUT2D eigenvalue weighted by molar-refractivity contribution is 5.74. The molecule has 0 aromatic heterocycles. The third-order valence-electron chi connectivity index (χ3n) is 2.65. The highest BCUT2D eigenvalue weighted by atomic mass is 19.3. The van der Waals surface area contributed by atoms with Crippen LogP contribution in [0.25, 0.3) is 0 Å². The Bertz CT molecular complexity index is 208. The average molecular weight is 208 g/mol. The Morgan fingerprint density at radius 1 is 1.50 bits per heavy atom. The maximum atomic E-state index is 12.7. The molecule has 1 N–H and O–H groups in total. The molecule has 3 nitrogen and oxygen atoms in total. The number of ether oxygens (including phenoxy) is 1. The molecule has 0 spiro atoms. The molecule has 1 aliphatic rings. The van der Waals surface area contributed by atoms with Gasteiger partial charge in [0.2, 0.25) is 5.92 Å².